The number of allylic oxidation sites excluding steroid dienone is 2. The normalized spacial score (nSPS) is 27.2. The predicted molar refractivity (Wildman–Crippen MR) is 66.3 cm³/mol. The highest BCUT2D eigenvalue weighted by Crippen LogP contribution is 2.47. The Labute approximate surface area is 98.1 Å². The van der Waals surface area contributed by atoms with E-state index in [1.54, 1.807) is 6.92 Å². The van der Waals surface area contributed by atoms with Crippen LogP contribution in [-0.4, -0.2) is 11.1 Å². The molecule has 0 spiro atoms. The van der Waals surface area contributed by atoms with Gasteiger partial charge in [-0.15, -0.1) is 0 Å². The third kappa shape index (κ3) is 2.37. The fourth-order valence-corrected chi connectivity index (χ4v) is 2.65. The molecule has 1 atom stereocenters. The van der Waals surface area contributed by atoms with Crippen LogP contribution in [0.15, 0.2) is 23.8 Å². The Balaban J connectivity index is 3.10. The van der Waals surface area contributed by atoms with Crippen molar-refractivity contribution in [2.45, 2.75) is 46.5 Å². The van der Waals surface area contributed by atoms with Gasteiger partial charge >= 0.3 is 5.97 Å². The molecule has 1 fully saturated rings. The summed E-state index contributed by atoms with van der Waals surface area (Å²) in [5.41, 5.74) is 1.55. The Morgan fingerprint density at radius 2 is 2.12 bits per heavy atom. The second-order valence-electron chi connectivity index (χ2n) is 5.14. The summed E-state index contributed by atoms with van der Waals surface area (Å²) in [4.78, 5) is 10.9. The second-order valence-corrected chi connectivity index (χ2v) is 5.14. The van der Waals surface area contributed by atoms with Crippen molar-refractivity contribution in [2.24, 2.45) is 11.3 Å². The molecule has 0 amide bonds. The molecule has 1 rings (SSSR count). The standard InChI is InChI=1S/C14H22O2/c1-10(2)14(9-11(3)13(15)16)8-6-5-7-12(14)4/h9-10H,4-8H2,1-3H3,(H,15,16). The van der Waals surface area contributed by atoms with Crippen molar-refractivity contribution in [3.63, 3.8) is 0 Å². The third-order valence-electron chi connectivity index (χ3n) is 3.82. The van der Waals surface area contributed by atoms with Crippen molar-refractivity contribution in [3.8, 4) is 0 Å². The van der Waals surface area contributed by atoms with Crippen LogP contribution in [0.25, 0.3) is 0 Å². The van der Waals surface area contributed by atoms with Crippen molar-refractivity contribution in [2.75, 3.05) is 0 Å². The number of hydrogen-bond acceptors (Lipinski definition) is 1. The van der Waals surface area contributed by atoms with E-state index in [2.05, 4.69) is 20.4 Å². The van der Waals surface area contributed by atoms with E-state index in [0.717, 1.165) is 12.8 Å². The van der Waals surface area contributed by atoms with Gasteiger partial charge in [-0.05, 0) is 32.1 Å². The van der Waals surface area contributed by atoms with E-state index in [1.165, 1.54) is 18.4 Å². The SMILES string of the molecule is C=C1CCCCC1(C=C(C)C(=O)O)C(C)C. The molecule has 1 aliphatic rings. The first-order valence-corrected chi connectivity index (χ1v) is 6.01. The minimum atomic E-state index is -0.821. The quantitative estimate of drug-likeness (QED) is 0.582. The fourth-order valence-electron chi connectivity index (χ4n) is 2.65. The smallest absolute Gasteiger partial charge is 0.330 e. The molecule has 1 aliphatic carbocycles. The first kappa shape index (κ1) is 13.0. The van der Waals surface area contributed by atoms with Crippen molar-refractivity contribution in [1.82, 2.24) is 0 Å². The topological polar surface area (TPSA) is 37.3 Å². The van der Waals surface area contributed by atoms with Crippen LogP contribution in [0.4, 0.5) is 0 Å². The van der Waals surface area contributed by atoms with Gasteiger partial charge in [-0.25, -0.2) is 4.79 Å². The van der Waals surface area contributed by atoms with Crippen molar-refractivity contribution in [3.05, 3.63) is 23.8 Å². The van der Waals surface area contributed by atoms with Crippen LogP contribution in [0.3, 0.4) is 0 Å². The molecule has 0 bridgehead atoms. The first-order valence-electron chi connectivity index (χ1n) is 6.01. The molecule has 0 aromatic carbocycles. The van der Waals surface area contributed by atoms with E-state index < -0.39 is 5.97 Å². The molecule has 1 unspecified atom stereocenters. The Morgan fingerprint density at radius 1 is 1.50 bits per heavy atom. The summed E-state index contributed by atoms with van der Waals surface area (Å²) >= 11 is 0. The molecule has 2 heteroatoms. The van der Waals surface area contributed by atoms with Gasteiger partial charge in [-0.2, -0.15) is 0 Å². The fraction of sp³-hybridized carbons (Fsp3) is 0.643. The summed E-state index contributed by atoms with van der Waals surface area (Å²) in [7, 11) is 0. The first-order chi connectivity index (χ1) is 7.40. The van der Waals surface area contributed by atoms with Gasteiger partial charge in [0.05, 0.1) is 0 Å². The highest BCUT2D eigenvalue weighted by molar-refractivity contribution is 5.86. The molecule has 0 radical (unpaired) electrons. The summed E-state index contributed by atoms with van der Waals surface area (Å²) in [5, 5.41) is 9.00. The Morgan fingerprint density at radius 3 is 2.56 bits per heavy atom. The van der Waals surface area contributed by atoms with Gasteiger partial charge in [0.25, 0.3) is 0 Å². The van der Waals surface area contributed by atoms with E-state index in [1.807, 2.05) is 6.08 Å². The minimum absolute atomic E-state index is 0.0965. The third-order valence-corrected chi connectivity index (χ3v) is 3.82. The monoisotopic (exact) mass is 222 g/mol. The van der Waals surface area contributed by atoms with Gasteiger partial charge in [0.1, 0.15) is 0 Å². The molecule has 16 heavy (non-hydrogen) atoms. The second kappa shape index (κ2) is 4.86. The summed E-state index contributed by atoms with van der Waals surface area (Å²) < 4.78 is 0. The lowest BCUT2D eigenvalue weighted by atomic mass is 9.63. The molecule has 2 nitrogen and oxygen atoms in total. The average molecular weight is 222 g/mol. The molecular formula is C14H22O2. The molecule has 0 heterocycles. The number of hydrogen-bond donors (Lipinski definition) is 1. The van der Waals surface area contributed by atoms with Crippen molar-refractivity contribution >= 4 is 5.97 Å². The number of carboxylic acids is 1. The molecule has 1 N–H and O–H groups in total. The van der Waals surface area contributed by atoms with E-state index >= 15 is 0 Å². The molecule has 0 saturated heterocycles. The van der Waals surface area contributed by atoms with E-state index in [0.29, 0.717) is 11.5 Å². The molecular weight excluding hydrogens is 200 g/mol. The summed E-state index contributed by atoms with van der Waals surface area (Å²) in [6.07, 6.45) is 6.35. The molecule has 0 aromatic rings. The van der Waals surface area contributed by atoms with Crippen molar-refractivity contribution < 1.29 is 9.90 Å². The van der Waals surface area contributed by atoms with Crippen LogP contribution < -0.4 is 0 Å². The van der Waals surface area contributed by atoms with Gasteiger partial charge in [0, 0.05) is 11.0 Å². The number of carbonyl (C=O) groups is 1. The Bertz CT molecular complexity index is 326. The zero-order chi connectivity index (χ0) is 12.3. The Hall–Kier alpha value is -1.05. The van der Waals surface area contributed by atoms with Crippen molar-refractivity contribution in [1.29, 1.82) is 0 Å². The van der Waals surface area contributed by atoms with Crippen LogP contribution in [0.5, 0.6) is 0 Å². The van der Waals surface area contributed by atoms with Crippen LogP contribution in [0.2, 0.25) is 0 Å². The summed E-state index contributed by atoms with van der Waals surface area (Å²) in [5.74, 6) is -0.409. The Kier molecular flexibility index (Phi) is 3.95. The van der Waals surface area contributed by atoms with Gasteiger partial charge in [0.2, 0.25) is 0 Å². The lowest BCUT2D eigenvalue weighted by Gasteiger charge is -2.41. The highest BCUT2D eigenvalue weighted by atomic mass is 16.4. The summed E-state index contributed by atoms with van der Waals surface area (Å²) in [6.45, 7) is 10.1. The highest BCUT2D eigenvalue weighted by Gasteiger charge is 2.36. The van der Waals surface area contributed by atoms with Crippen LogP contribution in [-0.2, 0) is 4.79 Å². The van der Waals surface area contributed by atoms with Crippen LogP contribution in [0, 0.1) is 11.3 Å². The molecule has 1 saturated carbocycles. The van der Waals surface area contributed by atoms with Gasteiger partial charge in [-0.3, -0.25) is 0 Å². The predicted octanol–water partition coefficient (Wildman–Crippen LogP) is 3.79. The van der Waals surface area contributed by atoms with E-state index in [-0.39, 0.29) is 5.41 Å². The zero-order valence-electron chi connectivity index (χ0n) is 10.5. The lowest BCUT2D eigenvalue weighted by molar-refractivity contribution is -0.132. The van der Waals surface area contributed by atoms with Gasteiger partial charge in [0.15, 0.2) is 0 Å². The number of rotatable bonds is 3. The molecule has 0 aliphatic heterocycles. The number of aliphatic carboxylic acids is 1. The largest absolute Gasteiger partial charge is 0.478 e. The van der Waals surface area contributed by atoms with Crippen LogP contribution in [0.1, 0.15) is 46.5 Å². The maximum atomic E-state index is 10.9. The maximum Gasteiger partial charge on any atom is 0.330 e. The summed E-state index contributed by atoms with van der Waals surface area (Å²) in [6, 6.07) is 0. The molecule has 0 aromatic heterocycles. The minimum Gasteiger partial charge on any atom is -0.478 e. The maximum absolute atomic E-state index is 10.9. The van der Waals surface area contributed by atoms with E-state index in [4.69, 9.17) is 5.11 Å². The zero-order valence-corrected chi connectivity index (χ0v) is 10.5. The number of carboxylic acid groups (broad SMARTS) is 1. The van der Waals surface area contributed by atoms with E-state index in [9.17, 15) is 4.79 Å². The average Bonchev–Trinajstić information content (AvgIpc) is 2.20. The van der Waals surface area contributed by atoms with Gasteiger partial charge in [-0.1, -0.05) is 38.5 Å². The van der Waals surface area contributed by atoms with Gasteiger partial charge < -0.3 is 5.11 Å². The lowest BCUT2D eigenvalue weighted by Crippen LogP contribution is -2.30. The molecule has 90 valence electrons. The van der Waals surface area contributed by atoms with Crippen LogP contribution >= 0.6 is 0 Å².